The first kappa shape index (κ1) is 28.8. The van der Waals surface area contributed by atoms with Crippen LogP contribution < -0.4 is 15.1 Å². The van der Waals surface area contributed by atoms with Crippen LogP contribution in [0.25, 0.3) is 0 Å². The molecule has 1 unspecified atom stereocenters. The molecule has 1 saturated carbocycles. The van der Waals surface area contributed by atoms with Gasteiger partial charge in [0.25, 0.3) is 11.8 Å². The highest BCUT2D eigenvalue weighted by Gasteiger charge is 2.48. The third-order valence-corrected chi connectivity index (χ3v) is 7.22. The summed E-state index contributed by atoms with van der Waals surface area (Å²) in [5, 5.41) is 12.0. The Hall–Kier alpha value is -4.70. The molecule has 5 rings (SSSR count). The fourth-order valence-corrected chi connectivity index (χ4v) is 5.16. The van der Waals surface area contributed by atoms with E-state index in [0.717, 1.165) is 28.3 Å². The highest BCUT2D eigenvalue weighted by Crippen LogP contribution is 2.39. The van der Waals surface area contributed by atoms with Gasteiger partial charge in [-0.2, -0.15) is 5.26 Å². The molecule has 3 heterocycles. The smallest absolute Gasteiger partial charge is 0.416 e. The van der Waals surface area contributed by atoms with Crippen molar-refractivity contribution in [2.45, 2.75) is 43.3 Å². The minimum atomic E-state index is -2.94. The number of benzene rings is 1. The summed E-state index contributed by atoms with van der Waals surface area (Å²) in [5.41, 5.74) is 0.118. The van der Waals surface area contributed by atoms with Crippen LogP contribution in [-0.2, 0) is 14.3 Å². The van der Waals surface area contributed by atoms with E-state index >= 15 is 0 Å². The number of nitriles is 1. The Labute approximate surface area is 242 Å². The minimum absolute atomic E-state index is 0.0615. The first-order chi connectivity index (χ1) is 20.1. The van der Waals surface area contributed by atoms with E-state index in [1.165, 1.54) is 30.5 Å². The van der Waals surface area contributed by atoms with Crippen molar-refractivity contribution in [1.29, 1.82) is 5.26 Å². The Morgan fingerprint density at radius 3 is 2.67 bits per heavy atom. The van der Waals surface area contributed by atoms with Gasteiger partial charge in [-0.3, -0.25) is 19.5 Å². The van der Waals surface area contributed by atoms with Gasteiger partial charge in [0.1, 0.15) is 23.7 Å². The molecule has 1 aromatic carbocycles. The summed E-state index contributed by atoms with van der Waals surface area (Å²) in [7, 11) is 0. The third kappa shape index (κ3) is 5.84. The zero-order valence-corrected chi connectivity index (χ0v) is 22.5. The van der Waals surface area contributed by atoms with Crippen molar-refractivity contribution < 1.29 is 32.3 Å². The summed E-state index contributed by atoms with van der Waals surface area (Å²) in [6.07, 6.45) is 1.15. The van der Waals surface area contributed by atoms with Gasteiger partial charge in [-0.25, -0.2) is 27.8 Å². The second-order valence-corrected chi connectivity index (χ2v) is 10.2. The van der Waals surface area contributed by atoms with Gasteiger partial charge < -0.3 is 10.1 Å². The summed E-state index contributed by atoms with van der Waals surface area (Å²) in [5.74, 6) is -5.54. The van der Waals surface area contributed by atoms with Crippen molar-refractivity contribution in [2.75, 3.05) is 16.4 Å². The van der Waals surface area contributed by atoms with Crippen LogP contribution in [0.2, 0.25) is 5.02 Å². The number of anilines is 2. The first-order valence-electron chi connectivity index (χ1n) is 12.8. The first-order valence-corrected chi connectivity index (χ1v) is 13.1. The maximum atomic E-state index is 14.5. The van der Waals surface area contributed by atoms with Gasteiger partial charge in [-0.05, 0) is 18.2 Å². The Balaban J connectivity index is 1.62. The predicted octanol–water partition coefficient (Wildman–Crippen LogP) is 4.54. The summed E-state index contributed by atoms with van der Waals surface area (Å²) < 4.78 is 46.8. The molecule has 2 aromatic heterocycles. The van der Waals surface area contributed by atoms with E-state index in [-0.39, 0.29) is 40.7 Å². The zero-order chi connectivity index (χ0) is 30.0. The molecule has 0 spiro atoms. The van der Waals surface area contributed by atoms with Crippen molar-refractivity contribution in [1.82, 2.24) is 15.3 Å². The lowest BCUT2D eigenvalue weighted by molar-refractivity contribution is -0.133. The van der Waals surface area contributed by atoms with E-state index in [9.17, 15) is 32.8 Å². The fourth-order valence-electron chi connectivity index (χ4n) is 4.92. The molecule has 3 aromatic rings. The van der Waals surface area contributed by atoms with Gasteiger partial charge in [-0.1, -0.05) is 29.8 Å². The van der Waals surface area contributed by atoms with Gasteiger partial charge in [0.15, 0.2) is 0 Å². The predicted molar refractivity (Wildman–Crippen MR) is 143 cm³/mol. The van der Waals surface area contributed by atoms with Gasteiger partial charge in [0, 0.05) is 48.2 Å². The van der Waals surface area contributed by atoms with E-state index in [4.69, 9.17) is 16.3 Å². The number of alkyl halides is 2. The van der Waals surface area contributed by atoms with Gasteiger partial charge >= 0.3 is 6.09 Å². The molecule has 2 atom stereocenters. The Kier molecular flexibility index (Phi) is 8.00. The molecular weight excluding hydrogens is 577 g/mol. The lowest BCUT2D eigenvalue weighted by atomic mass is 9.87. The Bertz CT molecular complexity index is 1580. The van der Waals surface area contributed by atoms with Gasteiger partial charge in [-0.15, -0.1) is 0 Å². The Morgan fingerprint density at radius 1 is 1.21 bits per heavy atom. The molecule has 1 aliphatic heterocycles. The second kappa shape index (κ2) is 11.7. The van der Waals surface area contributed by atoms with E-state index in [1.807, 2.05) is 6.07 Å². The quantitative estimate of drug-likeness (QED) is 0.423. The summed E-state index contributed by atoms with van der Waals surface area (Å²) >= 11 is 6.47. The number of rotatable bonds is 7. The van der Waals surface area contributed by atoms with Crippen LogP contribution in [0.5, 0.6) is 0 Å². The number of nitrogens with zero attached hydrogens (tertiary/aromatic N) is 5. The van der Waals surface area contributed by atoms with Crippen molar-refractivity contribution in [3.05, 3.63) is 83.0 Å². The lowest BCUT2D eigenvalue weighted by Gasteiger charge is -2.40. The van der Waals surface area contributed by atoms with Crippen LogP contribution in [0, 0.1) is 17.1 Å². The molecule has 2 aliphatic rings. The molecule has 1 N–H and O–H groups in total. The van der Waals surface area contributed by atoms with Gasteiger partial charge in [0.05, 0.1) is 36.3 Å². The summed E-state index contributed by atoms with van der Waals surface area (Å²) in [4.78, 5) is 51.1. The summed E-state index contributed by atoms with van der Waals surface area (Å²) in [6.45, 7) is -0.168. The number of carbonyl (C=O) groups is 3. The fraction of sp³-hybridized carbons (Fsp3) is 0.286. The third-order valence-electron chi connectivity index (χ3n) is 6.88. The number of carbonyl (C=O) groups excluding carboxylic acids is 3. The molecule has 3 amide bonds. The SMILES string of the molecule is N#Cc1ccnc(N2C(=O)OCC[C@H]2C(=O)N(c2cncc(F)c2)C(C(=O)NC2CC(F)(F)C2)c2ccccc2Cl)c1. The van der Waals surface area contributed by atoms with Crippen molar-refractivity contribution in [3.8, 4) is 6.07 Å². The van der Waals surface area contributed by atoms with Crippen LogP contribution in [-0.4, -0.2) is 52.5 Å². The van der Waals surface area contributed by atoms with Crippen LogP contribution in [0.4, 0.5) is 29.5 Å². The molecule has 14 heteroatoms. The molecule has 1 aliphatic carbocycles. The van der Waals surface area contributed by atoms with Crippen LogP contribution in [0.1, 0.15) is 36.4 Å². The number of hydrogen-bond acceptors (Lipinski definition) is 7. The maximum absolute atomic E-state index is 14.5. The molecule has 42 heavy (non-hydrogen) atoms. The number of cyclic esters (lactones) is 1. The van der Waals surface area contributed by atoms with Crippen LogP contribution in [0.15, 0.2) is 61.1 Å². The molecule has 0 radical (unpaired) electrons. The lowest BCUT2D eigenvalue weighted by Crippen LogP contribution is -2.58. The van der Waals surface area contributed by atoms with Crippen molar-refractivity contribution in [2.24, 2.45) is 0 Å². The normalized spacial score (nSPS) is 18.7. The number of ether oxygens (including phenoxy) is 1. The van der Waals surface area contributed by atoms with Gasteiger partial charge in [0.2, 0.25) is 5.91 Å². The van der Waals surface area contributed by atoms with Crippen LogP contribution >= 0.6 is 11.6 Å². The second-order valence-electron chi connectivity index (χ2n) is 9.77. The average molecular weight is 599 g/mol. The molecular formula is C28H22ClF3N6O4. The summed E-state index contributed by atoms with van der Waals surface area (Å²) in [6, 6.07) is 7.91. The highest BCUT2D eigenvalue weighted by atomic mass is 35.5. The Morgan fingerprint density at radius 2 is 1.98 bits per heavy atom. The van der Waals surface area contributed by atoms with Crippen molar-refractivity contribution >= 4 is 41.0 Å². The molecule has 10 nitrogen and oxygen atoms in total. The number of halogens is 4. The minimum Gasteiger partial charge on any atom is -0.449 e. The van der Waals surface area contributed by atoms with E-state index < -0.39 is 60.6 Å². The average Bonchev–Trinajstić information content (AvgIpc) is 2.95. The number of hydrogen-bond donors (Lipinski definition) is 1. The van der Waals surface area contributed by atoms with E-state index in [0.29, 0.717) is 0 Å². The monoisotopic (exact) mass is 598 g/mol. The number of amides is 3. The standard InChI is InChI=1S/C28H22ClF3N6O4/c29-21-4-2-1-3-20(21)24(25(39)36-18-11-28(31,32)12-18)37(19-10-17(30)14-34-15-19)26(40)22-6-8-42-27(41)38(22)23-9-16(13-33)5-7-35-23/h1-5,7,9-10,14-15,18,22,24H,6,8,11-12H2,(H,36,39)/t22-,24?/m0/s1. The topological polar surface area (TPSA) is 129 Å². The molecule has 0 bridgehead atoms. The highest BCUT2D eigenvalue weighted by molar-refractivity contribution is 6.31. The molecule has 1 saturated heterocycles. The maximum Gasteiger partial charge on any atom is 0.416 e. The number of nitrogens with one attached hydrogen (secondary N) is 1. The number of pyridine rings is 2. The van der Waals surface area contributed by atoms with Crippen molar-refractivity contribution in [3.63, 3.8) is 0 Å². The number of aromatic nitrogens is 2. The zero-order valence-electron chi connectivity index (χ0n) is 21.7. The van der Waals surface area contributed by atoms with Crippen LogP contribution in [0.3, 0.4) is 0 Å². The van der Waals surface area contributed by atoms with E-state index in [1.54, 1.807) is 12.1 Å². The molecule has 2 fully saturated rings. The largest absolute Gasteiger partial charge is 0.449 e. The van der Waals surface area contributed by atoms with E-state index in [2.05, 4.69) is 15.3 Å². The molecule has 216 valence electrons.